The lowest BCUT2D eigenvalue weighted by Crippen LogP contribution is -2.67. The third kappa shape index (κ3) is 4.39. The van der Waals surface area contributed by atoms with E-state index in [1.807, 2.05) is 6.92 Å². The lowest BCUT2D eigenvalue weighted by Gasteiger charge is -2.72. The van der Waals surface area contributed by atoms with E-state index in [9.17, 15) is 35.1 Å². The molecule has 1 heterocycles. The highest BCUT2D eigenvalue weighted by molar-refractivity contribution is 5.86. The third-order valence-electron chi connectivity index (χ3n) is 15.4. The molecule has 15 atom stereocenters. The van der Waals surface area contributed by atoms with Crippen LogP contribution in [-0.2, 0) is 19.1 Å². The van der Waals surface area contributed by atoms with Gasteiger partial charge >= 0.3 is 5.97 Å². The predicted octanol–water partition coefficient (Wildman–Crippen LogP) is 3.53. The third-order valence-corrected chi connectivity index (χ3v) is 15.4. The molecule has 5 N–H and O–H groups in total. The van der Waals surface area contributed by atoms with Crippen molar-refractivity contribution in [1.82, 2.24) is 0 Å². The van der Waals surface area contributed by atoms with Gasteiger partial charge < -0.3 is 35.0 Å². The molecule has 9 heteroatoms. The number of fused-ring (bicyclic) bond motifs is 7. The summed E-state index contributed by atoms with van der Waals surface area (Å²) in [5.41, 5.74) is -0.530. The highest BCUT2D eigenvalue weighted by Gasteiger charge is 2.72. The Morgan fingerprint density at radius 3 is 2.24 bits per heavy atom. The second-order valence-corrected chi connectivity index (χ2v) is 16.9. The summed E-state index contributed by atoms with van der Waals surface area (Å²) in [6.45, 7) is 15.1. The van der Waals surface area contributed by atoms with E-state index in [0.29, 0.717) is 25.2 Å². The summed E-state index contributed by atoms with van der Waals surface area (Å²) in [6, 6.07) is 0. The van der Waals surface area contributed by atoms with Crippen molar-refractivity contribution in [3.8, 4) is 0 Å². The average Bonchev–Trinajstić information content (AvgIpc) is 3.41. The Balaban J connectivity index is 1.33. The number of esters is 1. The minimum atomic E-state index is -1.63. The zero-order chi connectivity index (χ0) is 32.9. The molecule has 0 spiro atoms. The standard InChI is InChI=1S/C36H56O9/c1-19(2)20-9-14-36(31(43)45-30-29(42)28(41)27(40)22(17-37)44-30)16-15-34(5)21(26(20)36)7-8-24-32(3)12-11-25(39)33(4,18-38)23(32)10-13-35(24,34)6/h20-24,26-30,37-38,40-42H,1,7-18H2,2-6H3/t20-,21+,22+,23+,24+,26+,27+,28-,29+,30-,32-,33-,34+,35+,36-/m0/s1. The topological polar surface area (TPSA) is 154 Å². The van der Waals surface area contributed by atoms with Gasteiger partial charge in [-0.05, 0) is 111 Å². The van der Waals surface area contributed by atoms with Crippen molar-refractivity contribution in [2.24, 2.45) is 56.7 Å². The van der Waals surface area contributed by atoms with Gasteiger partial charge in [-0.25, -0.2) is 0 Å². The first-order chi connectivity index (χ1) is 21.1. The molecule has 6 aliphatic rings. The van der Waals surface area contributed by atoms with E-state index < -0.39 is 54.1 Å². The Morgan fingerprint density at radius 1 is 0.889 bits per heavy atom. The molecule has 0 amide bonds. The first-order valence-electron chi connectivity index (χ1n) is 17.4. The Kier molecular flexibility index (Phi) is 8.27. The quantitative estimate of drug-likeness (QED) is 0.226. The smallest absolute Gasteiger partial charge is 0.314 e. The normalized spacial score (nSPS) is 54.3. The van der Waals surface area contributed by atoms with Crippen molar-refractivity contribution in [2.75, 3.05) is 13.2 Å². The van der Waals surface area contributed by atoms with Crippen LogP contribution < -0.4 is 0 Å². The molecule has 0 radical (unpaired) electrons. The fourth-order valence-electron chi connectivity index (χ4n) is 12.7. The van der Waals surface area contributed by atoms with Crippen molar-refractivity contribution < 1.29 is 44.6 Å². The molecule has 9 nitrogen and oxygen atoms in total. The molecule has 0 aromatic rings. The van der Waals surface area contributed by atoms with Gasteiger partial charge in [0, 0.05) is 6.42 Å². The van der Waals surface area contributed by atoms with Crippen LogP contribution in [0.25, 0.3) is 0 Å². The minimum Gasteiger partial charge on any atom is -0.432 e. The molecule has 0 aromatic carbocycles. The van der Waals surface area contributed by atoms with Crippen molar-refractivity contribution in [2.45, 2.75) is 130 Å². The SMILES string of the molecule is C=C(C)[C@@H]1CC[C@]2(C(=O)O[C@@H]3O[C@H](CO)[C@@H](O)[C@H](O)[C@H]3O)CC[C@]3(C)[C@H](CC[C@@H]4[C@@]5(C)CCC(=O)[C@@](C)(CO)[C@@H]5CC[C@]43C)[C@@H]12. The summed E-state index contributed by atoms with van der Waals surface area (Å²) in [5, 5.41) is 51.5. The maximum Gasteiger partial charge on any atom is 0.314 e. The van der Waals surface area contributed by atoms with Crippen molar-refractivity contribution in [3.05, 3.63) is 12.2 Å². The maximum atomic E-state index is 14.4. The van der Waals surface area contributed by atoms with E-state index in [1.165, 1.54) is 0 Å². The number of allylic oxidation sites excluding steroid dienone is 1. The Bertz CT molecular complexity index is 1220. The van der Waals surface area contributed by atoms with Crippen molar-refractivity contribution >= 4 is 11.8 Å². The zero-order valence-electron chi connectivity index (χ0n) is 27.8. The van der Waals surface area contributed by atoms with E-state index in [1.54, 1.807) is 0 Å². The number of aliphatic hydroxyl groups excluding tert-OH is 5. The van der Waals surface area contributed by atoms with Crippen LogP contribution in [0.1, 0.15) is 98.8 Å². The molecule has 5 saturated carbocycles. The number of carbonyl (C=O) groups is 2. The van der Waals surface area contributed by atoms with Crippen molar-refractivity contribution in [3.63, 3.8) is 0 Å². The second kappa shape index (κ2) is 11.1. The summed E-state index contributed by atoms with van der Waals surface area (Å²) in [5.74, 6) is 0.719. The molecule has 6 rings (SSSR count). The van der Waals surface area contributed by atoms with Crippen molar-refractivity contribution in [1.29, 1.82) is 0 Å². The van der Waals surface area contributed by atoms with Crippen LogP contribution in [0.5, 0.6) is 0 Å². The van der Waals surface area contributed by atoms with Crippen LogP contribution in [0.2, 0.25) is 0 Å². The van der Waals surface area contributed by atoms with E-state index in [-0.39, 0.29) is 52.3 Å². The van der Waals surface area contributed by atoms with Crippen LogP contribution in [0.15, 0.2) is 12.2 Å². The summed E-state index contributed by atoms with van der Waals surface area (Å²) in [4.78, 5) is 27.5. The second-order valence-electron chi connectivity index (χ2n) is 16.9. The predicted molar refractivity (Wildman–Crippen MR) is 165 cm³/mol. The molecule has 6 fully saturated rings. The number of Topliss-reactive ketones (excluding diaryl/α,β-unsaturated/α-hetero) is 1. The zero-order valence-corrected chi connectivity index (χ0v) is 27.8. The molecule has 1 saturated heterocycles. The van der Waals surface area contributed by atoms with Gasteiger partial charge in [-0.2, -0.15) is 0 Å². The Labute approximate surface area is 267 Å². The molecule has 254 valence electrons. The summed E-state index contributed by atoms with van der Waals surface area (Å²) < 4.78 is 11.5. The molecule has 1 aliphatic heterocycles. The lowest BCUT2D eigenvalue weighted by atomic mass is 9.32. The summed E-state index contributed by atoms with van der Waals surface area (Å²) >= 11 is 0. The van der Waals surface area contributed by atoms with Crippen LogP contribution in [0, 0.1) is 56.7 Å². The lowest BCUT2D eigenvalue weighted by molar-refractivity contribution is -0.298. The van der Waals surface area contributed by atoms with E-state index in [4.69, 9.17) is 9.47 Å². The number of hydrogen-bond acceptors (Lipinski definition) is 9. The van der Waals surface area contributed by atoms with Gasteiger partial charge in [0.25, 0.3) is 0 Å². The maximum absolute atomic E-state index is 14.4. The van der Waals surface area contributed by atoms with Crippen LogP contribution in [0.4, 0.5) is 0 Å². The largest absolute Gasteiger partial charge is 0.432 e. The molecular weight excluding hydrogens is 576 g/mol. The van der Waals surface area contributed by atoms with Crippen LogP contribution >= 0.6 is 0 Å². The average molecular weight is 633 g/mol. The molecule has 0 aromatic heterocycles. The van der Waals surface area contributed by atoms with Gasteiger partial charge in [0.1, 0.15) is 30.2 Å². The first-order valence-corrected chi connectivity index (χ1v) is 17.4. The van der Waals surface area contributed by atoms with Crippen LogP contribution in [0.3, 0.4) is 0 Å². The van der Waals surface area contributed by atoms with E-state index >= 15 is 0 Å². The monoisotopic (exact) mass is 632 g/mol. The number of carbonyl (C=O) groups excluding carboxylic acids is 2. The van der Waals surface area contributed by atoms with Gasteiger partial charge in [-0.15, -0.1) is 0 Å². The van der Waals surface area contributed by atoms with Gasteiger partial charge in [0.15, 0.2) is 0 Å². The summed E-state index contributed by atoms with van der Waals surface area (Å²) in [6.07, 6.45) is 0.813. The fourth-order valence-corrected chi connectivity index (χ4v) is 12.7. The highest BCUT2D eigenvalue weighted by Crippen LogP contribution is 2.77. The Morgan fingerprint density at radius 2 is 1.60 bits per heavy atom. The van der Waals surface area contributed by atoms with Gasteiger partial charge in [-0.3, -0.25) is 9.59 Å². The molecule has 5 aliphatic carbocycles. The van der Waals surface area contributed by atoms with Gasteiger partial charge in [0.05, 0.1) is 24.0 Å². The fraction of sp³-hybridized carbons (Fsp3) is 0.889. The molecule has 0 unspecified atom stereocenters. The number of aliphatic hydroxyl groups is 5. The molecule has 45 heavy (non-hydrogen) atoms. The van der Waals surface area contributed by atoms with Crippen LogP contribution in [-0.4, -0.2) is 81.2 Å². The molecule has 0 bridgehead atoms. The highest BCUT2D eigenvalue weighted by atomic mass is 16.7. The minimum absolute atomic E-state index is 0.00471. The van der Waals surface area contributed by atoms with Gasteiger partial charge in [-0.1, -0.05) is 39.8 Å². The van der Waals surface area contributed by atoms with E-state index in [0.717, 1.165) is 50.5 Å². The van der Waals surface area contributed by atoms with Gasteiger partial charge in [0.2, 0.25) is 6.29 Å². The summed E-state index contributed by atoms with van der Waals surface area (Å²) in [7, 11) is 0. The number of ether oxygens (including phenoxy) is 2. The number of hydrogen-bond donors (Lipinski definition) is 5. The number of ketones is 1. The first kappa shape index (κ1) is 33.5. The molecular formula is C36H56O9. The van der Waals surface area contributed by atoms with E-state index in [2.05, 4.69) is 34.3 Å². The number of rotatable bonds is 5. The Hall–Kier alpha value is -1.36.